The highest BCUT2D eigenvalue weighted by molar-refractivity contribution is 6.00. The quantitative estimate of drug-likeness (QED) is 0.783. The highest BCUT2D eigenvalue weighted by Crippen LogP contribution is 2.45. The van der Waals surface area contributed by atoms with Gasteiger partial charge in [-0.1, -0.05) is 20.8 Å². The molecule has 1 saturated heterocycles. The first-order valence-corrected chi connectivity index (χ1v) is 7.93. The van der Waals surface area contributed by atoms with Gasteiger partial charge in [0.2, 0.25) is 11.8 Å². The molecule has 0 aromatic heterocycles. The summed E-state index contributed by atoms with van der Waals surface area (Å²) in [4.78, 5) is 27.4. The van der Waals surface area contributed by atoms with Crippen molar-refractivity contribution in [3.63, 3.8) is 0 Å². The SMILES string of the molecule is CCOCCN1C(=O)C(C(C)(C)C)NC(=O)C1(C)C1CC1. The fourth-order valence-corrected chi connectivity index (χ4v) is 3.13. The zero-order valence-electron chi connectivity index (χ0n) is 13.9. The summed E-state index contributed by atoms with van der Waals surface area (Å²) >= 11 is 0. The average molecular weight is 296 g/mol. The second-order valence-corrected chi connectivity index (χ2v) is 7.38. The second kappa shape index (κ2) is 5.59. The van der Waals surface area contributed by atoms with Crippen LogP contribution in [-0.4, -0.2) is 48.1 Å². The Morgan fingerprint density at radius 2 is 1.95 bits per heavy atom. The topological polar surface area (TPSA) is 58.6 Å². The molecule has 2 atom stereocenters. The molecule has 1 heterocycles. The highest BCUT2D eigenvalue weighted by Gasteiger charge is 2.58. The van der Waals surface area contributed by atoms with Crippen molar-refractivity contribution in [3.8, 4) is 0 Å². The summed E-state index contributed by atoms with van der Waals surface area (Å²) in [7, 11) is 0. The van der Waals surface area contributed by atoms with Crippen LogP contribution in [0.25, 0.3) is 0 Å². The molecular formula is C16H28N2O3. The van der Waals surface area contributed by atoms with Crippen LogP contribution in [0, 0.1) is 11.3 Å². The summed E-state index contributed by atoms with van der Waals surface area (Å²) in [5, 5.41) is 2.97. The van der Waals surface area contributed by atoms with Gasteiger partial charge in [-0.05, 0) is 38.0 Å². The molecule has 1 N–H and O–H groups in total. The zero-order chi connectivity index (χ0) is 15.8. The van der Waals surface area contributed by atoms with Gasteiger partial charge in [-0.2, -0.15) is 0 Å². The zero-order valence-corrected chi connectivity index (χ0v) is 13.9. The van der Waals surface area contributed by atoms with Gasteiger partial charge in [0, 0.05) is 13.2 Å². The lowest BCUT2D eigenvalue weighted by Gasteiger charge is -2.49. The summed E-state index contributed by atoms with van der Waals surface area (Å²) in [6, 6.07) is -0.460. The van der Waals surface area contributed by atoms with E-state index in [4.69, 9.17) is 4.74 Å². The molecule has 0 aromatic rings. The van der Waals surface area contributed by atoms with Crippen molar-refractivity contribution < 1.29 is 14.3 Å². The van der Waals surface area contributed by atoms with Crippen molar-refractivity contribution in [3.05, 3.63) is 0 Å². The maximum atomic E-state index is 12.9. The molecule has 1 aliphatic carbocycles. The van der Waals surface area contributed by atoms with Gasteiger partial charge in [-0.25, -0.2) is 0 Å². The minimum absolute atomic E-state index is 0.0129. The molecule has 0 aromatic carbocycles. The van der Waals surface area contributed by atoms with Crippen molar-refractivity contribution in [1.29, 1.82) is 0 Å². The number of carbonyl (C=O) groups is 2. The van der Waals surface area contributed by atoms with Gasteiger partial charge < -0.3 is 15.0 Å². The van der Waals surface area contributed by atoms with Crippen LogP contribution in [0.3, 0.4) is 0 Å². The van der Waals surface area contributed by atoms with E-state index in [1.807, 2.05) is 34.6 Å². The summed E-state index contributed by atoms with van der Waals surface area (Å²) < 4.78 is 5.41. The number of nitrogens with one attached hydrogen (secondary N) is 1. The maximum absolute atomic E-state index is 12.9. The van der Waals surface area contributed by atoms with E-state index in [9.17, 15) is 9.59 Å². The third kappa shape index (κ3) is 2.93. The van der Waals surface area contributed by atoms with Crippen molar-refractivity contribution in [1.82, 2.24) is 10.2 Å². The third-order valence-electron chi connectivity index (χ3n) is 4.71. The van der Waals surface area contributed by atoms with Crippen molar-refractivity contribution in [2.24, 2.45) is 11.3 Å². The molecule has 5 nitrogen and oxygen atoms in total. The van der Waals surface area contributed by atoms with Gasteiger partial charge in [0.15, 0.2) is 0 Å². The average Bonchev–Trinajstić information content (AvgIpc) is 3.21. The molecule has 0 bridgehead atoms. The molecule has 21 heavy (non-hydrogen) atoms. The first kappa shape index (κ1) is 16.3. The Kier molecular flexibility index (Phi) is 4.34. The van der Waals surface area contributed by atoms with Crippen molar-refractivity contribution in [2.45, 2.75) is 59.0 Å². The number of piperazine rings is 1. The standard InChI is InChI=1S/C16H28N2O3/c1-6-21-10-9-18-13(19)12(15(2,3)4)17-14(20)16(18,5)11-7-8-11/h11-12H,6-10H2,1-5H3,(H,17,20). The lowest BCUT2D eigenvalue weighted by atomic mass is 9.80. The molecule has 0 spiro atoms. The molecule has 5 heteroatoms. The predicted octanol–water partition coefficient (Wildman–Crippen LogP) is 1.56. The molecular weight excluding hydrogens is 268 g/mol. The Labute approximate surface area is 127 Å². The number of hydrogen-bond acceptors (Lipinski definition) is 3. The number of amides is 2. The first-order chi connectivity index (χ1) is 9.72. The predicted molar refractivity (Wildman–Crippen MR) is 80.7 cm³/mol. The van der Waals surface area contributed by atoms with Crippen LogP contribution >= 0.6 is 0 Å². The Balaban J connectivity index is 2.26. The maximum Gasteiger partial charge on any atom is 0.246 e. The van der Waals surface area contributed by atoms with E-state index in [1.54, 1.807) is 4.90 Å². The van der Waals surface area contributed by atoms with E-state index in [0.717, 1.165) is 12.8 Å². The number of rotatable bonds is 5. The molecule has 2 rings (SSSR count). The van der Waals surface area contributed by atoms with Gasteiger partial charge in [-0.15, -0.1) is 0 Å². The fraction of sp³-hybridized carbons (Fsp3) is 0.875. The number of ether oxygens (including phenoxy) is 1. The molecule has 1 saturated carbocycles. The summed E-state index contributed by atoms with van der Waals surface area (Å²) in [6.45, 7) is 11.4. The lowest BCUT2D eigenvalue weighted by molar-refractivity contribution is -0.162. The normalized spacial score (nSPS) is 30.5. The second-order valence-electron chi connectivity index (χ2n) is 7.38. The summed E-state index contributed by atoms with van der Waals surface area (Å²) in [5.74, 6) is 0.293. The number of carbonyl (C=O) groups excluding carboxylic acids is 2. The number of hydrogen-bond donors (Lipinski definition) is 1. The molecule has 2 fully saturated rings. The van der Waals surface area contributed by atoms with Crippen LogP contribution < -0.4 is 5.32 Å². The molecule has 2 amide bonds. The van der Waals surface area contributed by atoms with E-state index in [0.29, 0.717) is 19.8 Å². The van der Waals surface area contributed by atoms with E-state index < -0.39 is 11.6 Å². The third-order valence-corrected chi connectivity index (χ3v) is 4.71. The lowest BCUT2D eigenvalue weighted by Crippen LogP contribution is -2.73. The Hall–Kier alpha value is -1.10. The molecule has 2 unspecified atom stereocenters. The van der Waals surface area contributed by atoms with Gasteiger partial charge in [0.25, 0.3) is 0 Å². The van der Waals surface area contributed by atoms with Crippen molar-refractivity contribution in [2.75, 3.05) is 19.8 Å². The Bertz CT molecular complexity index is 426. The molecule has 0 radical (unpaired) electrons. The van der Waals surface area contributed by atoms with Crippen LogP contribution in [0.15, 0.2) is 0 Å². The van der Waals surface area contributed by atoms with Crippen LogP contribution in [0.1, 0.15) is 47.5 Å². The minimum atomic E-state index is -0.712. The van der Waals surface area contributed by atoms with Crippen molar-refractivity contribution >= 4 is 11.8 Å². The largest absolute Gasteiger partial charge is 0.380 e. The van der Waals surface area contributed by atoms with E-state index in [1.165, 1.54) is 0 Å². The Morgan fingerprint density at radius 3 is 2.43 bits per heavy atom. The molecule has 2 aliphatic rings. The summed E-state index contributed by atoms with van der Waals surface area (Å²) in [6.07, 6.45) is 2.03. The van der Waals surface area contributed by atoms with Crippen LogP contribution in [-0.2, 0) is 14.3 Å². The van der Waals surface area contributed by atoms with Crippen LogP contribution in [0.5, 0.6) is 0 Å². The smallest absolute Gasteiger partial charge is 0.246 e. The van der Waals surface area contributed by atoms with E-state index in [2.05, 4.69) is 5.32 Å². The van der Waals surface area contributed by atoms with Gasteiger partial charge >= 0.3 is 0 Å². The highest BCUT2D eigenvalue weighted by atomic mass is 16.5. The Morgan fingerprint density at radius 1 is 1.33 bits per heavy atom. The minimum Gasteiger partial charge on any atom is -0.380 e. The first-order valence-electron chi connectivity index (χ1n) is 7.93. The van der Waals surface area contributed by atoms with Gasteiger partial charge in [-0.3, -0.25) is 9.59 Å². The van der Waals surface area contributed by atoms with Crippen LogP contribution in [0.4, 0.5) is 0 Å². The summed E-state index contributed by atoms with van der Waals surface area (Å²) in [5.41, 5.74) is -1.00. The van der Waals surface area contributed by atoms with Gasteiger partial charge in [0.05, 0.1) is 6.61 Å². The molecule has 1 aliphatic heterocycles. The van der Waals surface area contributed by atoms with E-state index in [-0.39, 0.29) is 23.1 Å². The molecule has 120 valence electrons. The van der Waals surface area contributed by atoms with Crippen LogP contribution in [0.2, 0.25) is 0 Å². The van der Waals surface area contributed by atoms with Gasteiger partial charge in [0.1, 0.15) is 11.6 Å². The monoisotopic (exact) mass is 296 g/mol. The number of nitrogens with zero attached hydrogens (tertiary/aromatic N) is 1. The van der Waals surface area contributed by atoms with E-state index >= 15 is 0 Å². The fourth-order valence-electron chi connectivity index (χ4n) is 3.13.